The van der Waals surface area contributed by atoms with Crippen molar-refractivity contribution in [1.82, 2.24) is 5.32 Å². The van der Waals surface area contributed by atoms with Gasteiger partial charge in [0.05, 0.1) is 25.4 Å². The van der Waals surface area contributed by atoms with Gasteiger partial charge in [0.15, 0.2) is 0 Å². The summed E-state index contributed by atoms with van der Waals surface area (Å²) < 4.78 is 22.2. The van der Waals surface area contributed by atoms with E-state index in [1.807, 2.05) is 0 Å². The molecule has 56 heavy (non-hydrogen) atoms. The van der Waals surface area contributed by atoms with E-state index >= 15 is 0 Å². The fourth-order valence-corrected chi connectivity index (χ4v) is 8.19. The van der Waals surface area contributed by atoms with Crippen LogP contribution in [0.25, 0.3) is 0 Å². The number of aliphatic hydroxyl groups excluding tert-OH is 1. The number of amides is 1. The normalized spacial score (nSPS) is 14.0. The fourth-order valence-electron chi connectivity index (χ4n) is 7.43. The van der Waals surface area contributed by atoms with Gasteiger partial charge < -0.3 is 21.1 Å². The SMILES string of the molecule is CCCCCCCC/C=C\CCCCCCCCCCCC(=O)NC(COP(=O)(O)OCCN)C(O)CCCCCCCCCCCCCCCCCCCC. The maximum Gasteiger partial charge on any atom is 0.472 e. The van der Waals surface area contributed by atoms with Crippen molar-refractivity contribution in [1.29, 1.82) is 0 Å². The van der Waals surface area contributed by atoms with Gasteiger partial charge in [0, 0.05) is 13.0 Å². The van der Waals surface area contributed by atoms with Crippen molar-refractivity contribution in [2.75, 3.05) is 19.8 Å². The highest BCUT2D eigenvalue weighted by Gasteiger charge is 2.27. The van der Waals surface area contributed by atoms with E-state index in [9.17, 15) is 19.4 Å². The van der Waals surface area contributed by atoms with Crippen molar-refractivity contribution in [3.8, 4) is 0 Å². The monoisotopic (exact) mass is 815 g/mol. The first-order valence-electron chi connectivity index (χ1n) is 24.3. The first-order valence-corrected chi connectivity index (χ1v) is 25.8. The van der Waals surface area contributed by atoms with Gasteiger partial charge in [-0.1, -0.05) is 219 Å². The average molecular weight is 815 g/mol. The third-order valence-corrected chi connectivity index (χ3v) is 12.1. The number of phosphoric acid groups is 1. The van der Waals surface area contributed by atoms with Gasteiger partial charge in [-0.05, 0) is 38.5 Å². The quantitative estimate of drug-likeness (QED) is 0.0273. The Bertz CT molecular complexity index is 891. The van der Waals surface area contributed by atoms with Crippen LogP contribution in [0.3, 0.4) is 0 Å². The van der Waals surface area contributed by atoms with Crippen LogP contribution < -0.4 is 11.1 Å². The van der Waals surface area contributed by atoms with E-state index in [4.69, 9.17) is 14.8 Å². The standard InChI is InChI=1S/C47H95N2O6P/c1-3-5-7-9-11-13-15-17-19-21-23-25-27-29-31-33-35-37-39-41-47(51)49-45(44-55-56(52,53)54-43-42-48)46(50)40-38-36-34-32-30-28-26-24-22-20-18-16-14-12-10-8-6-4-2/h17,19,45-46,50H,3-16,18,20-44,48H2,1-2H3,(H,49,51)(H,52,53)/b19-17-. The minimum absolute atomic E-state index is 0.0906. The number of hydrogen-bond acceptors (Lipinski definition) is 6. The predicted octanol–water partition coefficient (Wildman–Crippen LogP) is 14.0. The second-order valence-electron chi connectivity index (χ2n) is 16.7. The summed E-state index contributed by atoms with van der Waals surface area (Å²) in [5.41, 5.74) is 5.39. The summed E-state index contributed by atoms with van der Waals surface area (Å²) in [6, 6.07) is -0.772. The smallest absolute Gasteiger partial charge is 0.391 e. The second kappa shape index (κ2) is 43.8. The Labute approximate surface area is 347 Å². The highest BCUT2D eigenvalue weighted by molar-refractivity contribution is 7.47. The topological polar surface area (TPSA) is 131 Å². The summed E-state index contributed by atoms with van der Waals surface area (Å²) in [5, 5.41) is 13.9. The minimum atomic E-state index is -4.32. The zero-order valence-corrected chi connectivity index (χ0v) is 38.0. The lowest BCUT2D eigenvalue weighted by molar-refractivity contribution is -0.123. The Morgan fingerprint density at radius 3 is 1.32 bits per heavy atom. The summed E-state index contributed by atoms with van der Waals surface area (Å²) in [6.45, 7) is 4.24. The zero-order valence-electron chi connectivity index (χ0n) is 37.1. The Hall–Kier alpha value is -0.760. The number of carbonyl (C=O) groups excluding carboxylic acids is 1. The van der Waals surface area contributed by atoms with Crippen LogP contribution in [-0.4, -0.2) is 47.8 Å². The summed E-state index contributed by atoms with van der Waals surface area (Å²) >= 11 is 0. The van der Waals surface area contributed by atoms with Crippen LogP contribution in [0.5, 0.6) is 0 Å². The summed E-state index contributed by atoms with van der Waals surface area (Å²) in [4.78, 5) is 22.8. The fraction of sp³-hybridized carbons (Fsp3) is 0.936. The van der Waals surface area contributed by atoms with E-state index in [0.29, 0.717) is 12.8 Å². The van der Waals surface area contributed by atoms with E-state index in [-0.39, 0.29) is 25.7 Å². The molecular weight excluding hydrogens is 719 g/mol. The van der Waals surface area contributed by atoms with Crippen LogP contribution in [0, 0.1) is 0 Å². The van der Waals surface area contributed by atoms with E-state index in [1.165, 1.54) is 186 Å². The molecule has 0 aromatic heterocycles. The molecule has 8 nitrogen and oxygen atoms in total. The Balaban J connectivity index is 4.07. The molecule has 0 bridgehead atoms. The minimum Gasteiger partial charge on any atom is -0.391 e. The maximum atomic E-state index is 12.8. The molecule has 0 aliphatic carbocycles. The molecule has 5 N–H and O–H groups in total. The average Bonchev–Trinajstić information content (AvgIpc) is 3.19. The van der Waals surface area contributed by atoms with Crippen molar-refractivity contribution < 1.29 is 28.4 Å². The van der Waals surface area contributed by atoms with Crippen molar-refractivity contribution in [2.24, 2.45) is 5.73 Å². The van der Waals surface area contributed by atoms with Gasteiger partial charge >= 0.3 is 7.82 Å². The third kappa shape index (κ3) is 41.4. The molecule has 0 aromatic carbocycles. The van der Waals surface area contributed by atoms with Gasteiger partial charge in [0.25, 0.3) is 0 Å². The molecule has 0 aliphatic heterocycles. The van der Waals surface area contributed by atoms with E-state index < -0.39 is 20.0 Å². The highest BCUT2D eigenvalue weighted by Crippen LogP contribution is 2.43. The van der Waals surface area contributed by atoms with E-state index in [0.717, 1.165) is 38.5 Å². The molecule has 0 radical (unpaired) electrons. The van der Waals surface area contributed by atoms with E-state index in [2.05, 4.69) is 31.3 Å². The van der Waals surface area contributed by atoms with Crippen LogP contribution in [0.15, 0.2) is 12.2 Å². The van der Waals surface area contributed by atoms with Crippen molar-refractivity contribution in [3.05, 3.63) is 12.2 Å². The molecule has 3 atom stereocenters. The molecule has 0 aromatic rings. The molecule has 0 saturated heterocycles. The summed E-state index contributed by atoms with van der Waals surface area (Å²) in [5.74, 6) is -0.160. The predicted molar refractivity (Wildman–Crippen MR) is 240 cm³/mol. The molecule has 9 heteroatoms. The number of aliphatic hydroxyl groups is 1. The molecule has 0 aliphatic rings. The number of rotatable bonds is 46. The molecule has 0 saturated carbocycles. The van der Waals surface area contributed by atoms with Crippen molar-refractivity contribution in [2.45, 2.75) is 264 Å². The van der Waals surface area contributed by atoms with Gasteiger partial charge in [0.1, 0.15) is 0 Å². The Kier molecular flexibility index (Phi) is 43.2. The van der Waals surface area contributed by atoms with E-state index in [1.54, 1.807) is 0 Å². The Morgan fingerprint density at radius 1 is 0.571 bits per heavy atom. The number of nitrogens with one attached hydrogen (secondary N) is 1. The molecule has 0 rings (SSSR count). The van der Waals surface area contributed by atoms with Crippen molar-refractivity contribution >= 4 is 13.7 Å². The van der Waals surface area contributed by atoms with Crippen LogP contribution in [0.1, 0.15) is 251 Å². The van der Waals surface area contributed by atoms with Crippen LogP contribution in [-0.2, 0) is 18.4 Å². The molecule has 3 unspecified atom stereocenters. The van der Waals surface area contributed by atoms with Crippen LogP contribution in [0.2, 0.25) is 0 Å². The molecule has 1 amide bonds. The lowest BCUT2D eigenvalue weighted by Crippen LogP contribution is -2.46. The molecule has 0 fully saturated rings. The Morgan fingerprint density at radius 2 is 0.929 bits per heavy atom. The lowest BCUT2D eigenvalue weighted by Gasteiger charge is -2.25. The maximum absolute atomic E-state index is 12.8. The molecule has 0 spiro atoms. The molecule has 0 heterocycles. The number of unbranched alkanes of at least 4 members (excludes halogenated alkanes) is 32. The second-order valence-corrected chi connectivity index (χ2v) is 18.1. The van der Waals surface area contributed by atoms with Crippen LogP contribution >= 0.6 is 7.82 Å². The van der Waals surface area contributed by atoms with Crippen LogP contribution in [0.4, 0.5) is 0 Å². The number of hydrogen-bond donors (Lipinski definition) is 4. The van der Waals surface area contributed by atoms with Gasteiger partial charge in [-0.3, -0.25) is 13.8 Å². The summed E-state index contributed by atoms with van der Waals surface area (Å²) in [7, 11) is -4.32. The highest BCUT2D eigenvalue weighted by atomic mass is 31.2. The van der Waals surface area contributed by atoms with Gasteiger partial charge in [-0.2, -0.15) is 0 Å². The summed E-state index contributed by atoms with van der Waals surface area (Å²) in [6.07, 6.45) is 49.4. The number of nitrogens with two attached hydrogens (primary N) is 1. The molecular formula is C47H95N2O6P. The van der Waals surface area contributed by atoms with Gasteiger partial charge in [0.2, 0.25) is 5.91 Å². The number of allylic oxidation sites excluding steroid dienone is 2. The first-order chi connectivity index (χ1) is 27.4. The van der Waals surface area contributed by atoms with Gasteiger partial charge in [-0.15, -0.1) is 0 Å². The number of phosphoric ester groups is 1. The first kappa shape index (κ1) is 55.2. The van der Waals surface area contributed by atoms with Crippen molar-refractivity contribution in [3.63, 3.8) is 0 Å². The van der Waals surface area contributed by atoms with Gasteiger partial charge in [-0.25, -0.2) is 4.57 Å². The number of carbonyl (C=O) groups is 1. The lowest BCUT2D eigenvalue weighted by atomic mass is 10.0. The third-order valence-electron chi connectivity index (χ3n) is 11.1. The zero-order chi connectivity index (χ0) is 41.1. The molecule has 334 valence electrons. The largest absolute Gasteiger partial charge is 0.472 e.